The van der Waals surface area contributed by atoms with Crippen molar-refractivity contribution in [1.82, 2.24) is 0 Å². The zero-order chi connectivity index (χ0) is 9.68. The second-order valence-electron chi connectivity index (χ2n) is 2.73. The largest absolute Gasteiger partial charge is 0.478 e. The molecule has 5 N–H and O–H groups in total. The van der Waals surface area contributed by atoms with Crippen LogP contribution in [0, 0.1) is 0 Å². The molecular weight excluding hydrogens is 195 g/mol. The predicted molar refractivity (Wildman–Crippen MR) is 60.6 cm³/mol. The molecule has 0 heterocycles. The molecule has 0 saturated heterocycles. The van der Waals surface area contributed by atoms with Crippen molar-refractivity contribution >= 4 is 18.7 Å². The van der Waals surface area contributed by atoms with Gasteiger partial charge in [-0.05, 0) is 6.32 Å². The fraction of sp³-hybridized carbons (Fsp3) is 0.100. The van der Waals surface area contributed by atoms with Gasteiger partial charge in [-0.1, -0.05) is 42.4 Å². The summed E-state index contributed by atoms with van der Waals surface area (Å²) in [7, 11) is 1.84. The topological polar surface area (TPSA) is 100 Å². The third-order valence-electron chi connectivity index (χ3n) is 1.69. The molecule has 1 radical (unpaired) electrons. The molecule has 0 aliphatic heterocycles. The minimum absolute atomic E-state index is 0. The number of hydrogen-bond acceptors (Lipinski definition) is 1. The molecule has 0 saturated carbocycles. The summed E-state index contributed by atoms with van der Waals surface area (Å²) in [5, 5.41) is 8.54. The average Bonchev–Trinajstić information content (AvgIpc) is 2.15. The SMILES string of the molecule is C=C(C[B]c1ccccc1)C(=O)O.O.O. The van der Waals surface area contributed by atoms with Crippen LogP contribution in [-0.2, 0) is 4.79 Å². The zero-order valence-corrected chi connectivity index (χ0v) is 8.23. The summed E-state index contributed by atoms with van der Waals surface area (Å²) in [5.41, 5.74) is 1.23. The van der Waals surface area contributed by atoms with Crippen LogP contribution in [0.5, 0.6) is 0 Å². The smallest absolute Gasteiger partial charge is 0.330 e. The first-order valence-electron chi connectivity index (χ1n) is 3.99. The summed E-state index contributed by atoms with van der Waals surface area (Å²) < 4.78 is 0. The van der Waals surface area contributed by atoms with E-state index in [1.54, 1.807) is 0 Å². The van der Waals surface area contributed by atoms with Crippen molar-refractivity contribution in [2.75, 3.05) is 0 Å². The van der Waals surface area contributed by atoms with E-state index in [9.17, 15) is 4.79 Å². The van der Waals surface area contributed by atoms with E-state index in [0.29, 0.717) is 6.32 Å². The van der Waals surface area contributed by atoms with Gasteiger partial charge in [0.25, 0.3) is 0 Å². The van der Waals surface area contributed by atoms with Crippen molar-refractivity contribution in [2.24, 2.45) is 0 Å². The lowest BCUT2D eigenvalue weighted by Crippen LogP contribution is -2.15. The molecule has 1 aromatic rings. The first-order chi connectivity index (χ1) is 6.20. The Morgan fingerprint density at radius 1 is 1.27 bits per heavy atom. The van der Waals surface area contributed by atoms with E-state index in [4.69, 9.17) is 5.11 Å². The van der Waals surface area contributed by atoms with Gasteiger partial charge in [0.15, 0.2) is 7.28 Å². The van der Waals surface area contributed by atoms with Crippen LogP contribution in [0.25, 0.3) is 0 Å². The Kier molecular flexibility index (Phi) is 8.24. The van der Waals surface area contributed by atoms with Crippen LogP contribution in [0.3, 0.4) is 0 Å². The van der Waals surface area contributed by atoms with Crippen molar-refractivity contribution in [3.8, 4) is 0 Å². The molecular formula is C10H14BO4. The van der Waals surface area contributed by atoms with E-state index in [-0.39, 0.29) is 16.5 Å². The highest BCUT2D eigenvalue weighted by molar-refractivity contribution is 6.54. The molecule has 15 heavy (non-hydrogen) atoms. The van der Waals surface area contributed by atoms with Crippen LogP contribution in [0.15, 0.2) is 42.5 Å². The molecule has 0 aliphatic carbocycles. The van der Waals surface area contributed by atoms with Gasteiger partial charge < -0.3 is 16.1 Å². The summed E-state index contributed by atoms with van der Waals surface area (Å²) in [6.07, 6.45) is 0.388. The molecule has 1 aromatic carbocycles. The van der Waals surface area contributed by atoms with Gasteiger partial charge in [-0.3, -0.25) is 0 Å². The molecule has 0 aromatic heterocycles. The molecule has 0 amide bonds. The first kappa shape index (κ1) is 15.9. The second kappa shape index (κ2) is 7.79. The van der Waals surface area contributed by atoms with E-state index in [1.807, 2.05) is 37.6 Å². The maximum atomic E-state index is 10.4. The summed E-state index contributed by atoms with van der Waals surface area (Å²) in [6.45, 7) is 3.44. The maximum Gasteiger partial charge on any atom is 0.330 e. The van der Waals surface area contributed by atoms with Crippen molar-refractivity contribution in [2.45, 2.75) is 6.32 Å². The van der Waals surface area contributed by atoms with E-state index >= 15 is 0 Å². The second-order valence-corrected chi connectivity index (χ2v) is 2.73. The Labute approximate surface area is 89.1 Å². The minimum Gasteiger partial charge on any atom is -0.478 e. The van der Waals surface area contributed by atoms with Crippen LogP contribution in [-0.4, -0.2) is 29.3 Å². The van der Waals surface area contributed by atoms with Crippen LogP contribution in [0.1, 0.15) is 0 Å². The summed E-state index contributed by atoms with van der Waals surface area (Å²) in [5.74, 6) is -0.938. The molecule has 5 heteroatoms. The number of carbonyl (C=O) groups is 1. The molecule has 81 valence electrons. The average molecular weight is 209 g/mol. The van der Waals surface area contributed by atoms with Crippen LogP contribution in [0.2, 0.25) is 6.32 Å². The summed E-state index contributed by atoms with van der Waals surface area (Å²) in [4.78, 5) is 10.4. The van der Waals surface area contributed by atoms with Gasteiger partial charge in [-0.25, -0.2) is 4.79 Å². The maximum absolute atomic E-state index is 10.4. The Morgan fingerprint density at radius 2 is 1.80 bits per heavy atom. The third kappa shape index (κ3) is 5.67. The van der Waals surface area contributed by atoms with Crippen LogP contribution < -0.4 is 5.46 Å². The predicted octanol–water partition coefficient (Wildman–Crippen LogP) is -0.574. The number of rotatable bonds is 4. The molecule has 0 fully saturated rings. The Hall–Kier alpha value is -1.59. The highest BCUT2D eigenvalue weighted by atomic mass is 16.4. The summed E-state index contributed by atoms with van der Waals surface area (Å²) >= 11 is 0. The molecule has 0 spiro atoms. The zero-order valence-electron chi connectivity index (χ0n) is 8.23. The molecule has 0 bridgehead atoms. The fourth-order valence-corrected chi connectivity index (χ4v) is 0.917. The van der Waals surface area contributed by atoms with Gasteiger partial charge in [0.2, 0.25) is 0 Å². The van der Waals surface area contributed by atoms with Gasteiger partial charge in [0, 0.05) is 5.57 Å². The highest BCUT2D eigenvalue weighted by Crippen LogP contribution is 1.97. The lowest BCUT2D eigenvalue weighted by Gasteiger charge is -1.98. The van der Waals surface area contributed by atoms with E-state index in [2.05, 4.69) is 6.58 Å². The lowest BCUT2D eigenvalue weighted by atomic mass is 9.65. The quantitative estimate of drug-likeness (QED) is 0.530. The molecule has 0 aliphatic rings. The van der Waals surface area contributed by atoms with Crippen molar-refractivity contribution in [1.29, 1.82) is 0 Å². The van der Waals surface area contributed by atoms with E-state index in [1.165, 1.54) is 0 Å². The van der Waals surface area contributed by atoms with Crippen LogP contribution >= 0.6 is 0 Å². The van der Waals surface area contributed by atoms with Gasteiger partial charge in [-0.2, -0.15) is 0 Å². The number of carboxylic acids is 1. The number of hydrogen-bond donors (Lipinski definition) is 1. The minimum atomic E-state index is -0.938. The Morgan fingerprint density at radius 3 is 2.27 bits per heavy atom. The standard InChI is InChI=1S/C10H10BO2.2H2O/c1-8(10(12)13)7-11-9-5-3-2-4-6-9;;/h2-6H,1,7H2,(H,12,13);2*1H2. The third-order valence-corrected chi connectivity index (χ3v) is 1.69. The first-order valence-corrected chi connectivity index (χ1v) is 3.99. The van der Waals surface area contributed by atoms with Crippen molar-refractivity contribution in [3.63, 3.8) is 0 Å². The monoisotopic (exact) mass is 209 g/mol. The Balaban J connectivity index is 0. The van der Waals surface area contributed by atoms with E-state index in [0.717, 1.165) is 5.46 Å². The highest BCUT2D eigenvalue weighted by Gasteiger charge is 2.04. The fourth-order valence-electron chi connectivity index (χ4n) is 0.917. The number of aliphatic carboxylic acids is 1. The molecule has 0 unspecified atom stereocenters. The van der Waals surface area contributed by atoms with Crippen molar-refractivity contribution < 1.29 is 20.9 Å². The Bertz CT molecular complexity index is 310. The lowest BCUT2D eigenvalue weighted by molar-refractivity contribution is -0.132. The van der Waals surface area contributed by atoms with Gasteiger partial charge >= 0.3 is 5.97 Å². The van der Waals surface area contributed by atoms with Gasteiger partial charge in [0.05, 0.1) is 0 Å². The summed E-state index contributed by atoms with van der Waals surface area (Å²) in [6, 6.07) is 9.60. The van der Waals surface area contributed by atoms with Crippen molar-refractivity contribution in [3.05, 3.63) is 42.5 Å². The van der Waals surface area contributed by atoms with Gasteiger partial charge in [-0.15, -0.1) is 0 Å². The van der Waals surface area contributed by atoms with E-state index < -0.39 is 5.97 Å². The molecule has 4 nitrogen and oxygen atoms in total. The number of benzene rings is 1. The van der Waals surface area contributed by atoms with Crippen LogP contribution in [0.4, 0.5) is 0 Å². The molecule has 0 atom stereocenters. The molecule has 1 rings (SSSR count). The number of carboxylic acid groups (broad SMARTS) is 1. The normalized spacial score (nSPS) is 8.00. The van der Waals surface area contributed by atoms with Gasteiger partial charge in [0.1, 0.15) is 0 Å².